The highest BCUT2D eigenvalue weighted by Gasteiger charge is 2.02. The zero-order valence-electron chi connectivity index (χ0n) is 12.4. The van der Waals surface area contributed by atoms with E-state index in [0.29, 0.717) is 25.4 Å². The van der Waals surface area contributed by atoms with Crippen LogP contribution >= 0.6 is 0 Å². The summed E-state index contributed by atoms with van der Waals surface area (Å²) in [6.07, 6.45) is 2.54. The fourth-order valence-electron chi connectivity index (χ4n) is 1.79. The second-order valence-electron chi connectivity index (χ2n) is 5.09. The highest BCUT2D eigenvalue weighted by atomic mass is 16.5. The van der Waals surface area contributed by atoms with E-state index in [1.54, 1.807) is 0 Å². The highest BCUT2D eigenvalue weighted by Crippen LogP contribution is 2.08. The zero-order valence-corrected chi connectivity index (χ0v) is 12.4. The van der Waals surface area contributed by atoms with Crippen LogP contribution < -0.4 is 10.1 Å². The van der Waals surface area contributed by atoms with Crippen LogP contribution in [0.2, 0.25) is 0 Å². The molecule has 108 valence electrons. The van der Waals surface area contributed by atoms with Crippen LogP contribution in [0, 0.1) is 0 Å². The standard InChI is InChI=1S/C16H27NO2/c1-14(2)17-11-7-8-15(3)18-12-13-19-16-9-5-4-6-10-16/h4-6,9-10,14-15,17H,7-8,11-13H2,1-3H3. The predicted molar refractivity (Wildman–Crippen MR) is 79.7 cm³/mol. The summed E-state index contributed by atoms with van der Waals surface area (Å²) in [5, 5.41) is 3.41. The van der Waals surface area contributed by atoms with E-state index in [1.165, 1.54) is 0 Å². The maximum Gasteiger partial charge on any atom is 0.119 e. The predicted octanol–water partition coefficient (Wildman–Crippen LogP) is 3.25. The smallest absolute Gasteiger partial charge is 0.119 e. The normalized spacial score (nSPS) is 12.6. The molecule has 0 aliphatic rings. The van der Waals surface area contributed by atoms with Crippen LogP contribution in [0.5, 0.6) is 5.75 Å². The van der Waals surface area contributed by atoms with E-state index in [4.69, 9.17) is 9.47 Å². The zero-order chi connectivity index (χ0) is 13.9. The van der Waals surface area contributed by atoms with Crippen LogP contribution in [0.3, 0.4) is 0 Å². The Morgan fingerprint density at radius 1 is 1.05 bits per heavy atom. The molecule has 1 atom stereocenters. The molecule has 3 nitrogen and oxygen atoms in total. The van der Waals surface area contributed by atoms with Crippen molar-refractivity contribution in [2.24, 2.45) is 0 Å². The molecule has 0 saturated carbocycles. The Kier molecular flexibility index (Phi) is 8.26. The van der Waals surface area contributed by atoms with Gasteiger partial charge in [-0.3, -0.25) is 0 Å². The average molecular weight is 265 g/mol. The van der Waals surface area contributed by atoms with Crippen molar-refractivity contribution in [3.05, 3.63) is 30.3 Å². The van der Waals surface area contributed by atoms with E-state index in [1.807, 2.05) is 30.3 Å². The van der Waals surface area contributed by atoms with Crippen LogP contribution in [0.15, 0.2) is 30.3 Å². The number of hydrogen-bond donors (Lipinski definition) is 1. The van der Waals surface area contributed by atoms with Gasteiger partial charge in [0.05, 0.1) is 12.7 Å². The second kappa shape index (κ2) is 9.82. The summed E-state index contributed by atoms with van der Waals surface area (Å²) in [5.41, 5.74) is 0. The Bertz CT molecular complexity index is 314. The first-order valence-corrected chi connectivity index (χ1v) is 7.21. The summed E-state index contributed by atoms with van der Waals surface area (Å²) in [4.78, 5) is 0. The molecule has 0 spiro atoms. The molecule has 0 bridgehead atoms. The summed E-state index contributed by atoms with van der Waals surface area (Å²) >= 11 is 0. The SMILES string of the molecule is CC(C)NCCCC(C)OCCOc1ccccc1. The monoisotopic (exact) mass is 265 g/mol. The third-order valence-electron chi connectivity index (χ3n) is 2.84. The van der Waals surface area contributed by atoms with E-state index in [-0.39, 0.29) is 0 Å². The number of para-hydroxylation sites is 1. The third-order valence-corrected chi connectivity index (χ3v) is 2.84. The average Bonchev–Trinajstić information content (AvgIpc) is 2.41. The first-order valence-electron chi connectivity index (χ1n) is 7.21. The van der Waals surface area contributed by atoms with Crippen molar-refractivity contribution in [2.75, 3.05) is 19.8 Å². The van der Waals surface area contributed by atoms with Gasteiger partial charge < -0.3 is 14.8 Å². The molecule has 0 amide bonds. The first kappa shape index (κ1) is 16.0. The molecule has 1 aromatic rings. The van der Waals surface area contributed by atoms with Gasteiger partial charge in [-0.1, -0.05) is 32.0 Å². The Morgan fingerprint density at radius 2 is 1.79 bits per heavy atom. The molecular weight excluding hydrogens is 238 g/mol. The van der Waals surface area contributed by atoms with Gasteiger partial charge in [0.2, 0.25) is 0 Å². The maximum absolute atomic E-state index is 5.72. The van der Waals surface area contributed by atoms with Crippen LogP contribution in [0.25, 0.3) is 0 Å². The van der Waals surface area contributed by atoms with Crippen LogP contribution in [-0.4, -0.2) is 31.9 Å². The minimum Gasteiger partial charge on any atom is -0.491 e. The summed E-state index contributed by atoms with van der Waals surface area (Å²) in [7, 11) is 0. The lowest BCUT2D eigenvalue weighted by atomic mass is 10.2. The first-order chi connectivity index (χ1) is 9.18. The van der Waals surface area contributed by atoms with Crippen molar-refractivity contribution in [1.29, 1.82) is 0 Å². The van der Waals surface area contributed by atoms with Crippen LogP contribution in [-0.2, 0) is 4.74 Å². The molecular formula is C16H27NO2. The van der Waals surface area contributed by atoms with E-state index >= 15 is 0 Å². The summed E-state index contributed by atoms with van der Waals surface area (Å²) in [6, 6.07) is 10.4. The van der Waals surface area contributed by atoms with Gasteiger partial charge in [0.25, 0.3) is 0 Å². The molecule has 0 aromatic heterocycles. The van der Waals surface area contributed by atoms with E-state index in [9.17, 15) is 0 Å². The molecule has 1 N–H and O–H groups in total. The van der Waals surface area contributed by atoms with Crippen LogP contribution in [0.4, 0.5) is 0 Å². The van der Waals surface area contributed by atoms with E-state index in [2.05, 4.69) is 26.1 Å². The fourth-order valence-corrected chi connectivity index (χ4v) is 1.79. The number of ether oxygens (including phenoxy) is 2. The third kappa shape index (κ3) is 8.62. The van der Waals surface area contributed by atoms with Crippen LogP contribution in [0.1, 0.15) is 33.6 Å². The number of nitrogens with one attached hydrogen (secondary N) is 1. The molecule has 0 radical (unpaired) electrons. The Hall–Kier alpha value is -1.06. The van der Waals surface area contributed by atoms with Crippen molar-refractivity contribution < 1.29 is 9.47 Å². The second-order valence-corrected chi connectivity index (χ2v) is 5.09. The van der Waals surface area contributed by atoms with Crippen molar-refractivity contribution in [3.63, 3.8) is 0 Å². The number of hydrogen-bond acceptors (Lipinski definition) is 3. The summed E-state index contributed by atoms with van der Waals surface area (Å²) in [5.74, 6) is 0.903. The topological polar surface area (TPSA) is 30.5 Å². The molecule has 19 heavy (non-hydrogen) atoms. The van der Waals surface area contributed by atoms with E-state index < -0.39 is 0 Å². The Balaban J connectivity index is 1.97. The van der Waals surface area contributed by atoms with Crippen molar-refractivity contribution in [2.45, 2.75) is 45.8 Å². The van der Waals surface area contributed by atoms with Gasteiger partial charge >= 0.3 is 0 Å². The lowest BCUT2D eigenvalue weighted by molar-refractivity contribution is 0.0388. The minimum atomic E-state index is 0.299. The van der Waals surface area contributed by atoms with Crippen molar-refractivity contribution in [3.8, 4) is 5.75 Å². The Labute approximate surface area is 117 Å². The molecule has 0 aliphatic carbocycles. The molecule has 0 fully saturated rings. The van der Waals surface area contributed by atoms with Gasteiger partial charge in [-0.15, -0.1) is 0 Å². The maximum atomic E-state index is 5.72. The quantitative estimate of drug-likeness (QED) is 0.659. The van der Waals surface area contributed by atoms with Gasteiger partial charge in [-0.25, -0.2) is 0 Å². The summed E-state index contributed by atoms with van der Waals surface area (Å²) in [6.45, 7) is 8.78. The lowest BCUT2D eigenvalue weighted by Gasteiger charge is -2.14. The molecule has 0 saturated heterocycles. The number of rotatable bonds is 10. The van der Waals surface area contributed by atoms with E-state index in [0.717, 1.165) is 25.1 Å². The Morgan fingerprint density at radius 3 is 2.47 bits per heavy atom. The van der Waals surface area contributed by atoms with Gasteiger partial charge in [-0.2, -0.15) is 0 Å². The highest BCUT2D eigenvalue weighted by molar-refractivity contribution is 5.20. The molecule has 1 aromatic carbocycles. The fraction of sp³-hybridized carbons (Fsp3) is 0.625. The molecule has 0 aliphatic heterocycles. The number of benzene rings is 1. The van der Waals surface area contributed by atoms with Crippen molar-refractivity contribution >= 4 is 0 Å². The lowest BCUT2D eigenvalue weighted by Crippen LogP contribution is -2.24. The molecule has 1 rings (SSSR count). The summed E-state index contributed by atoms with van der Waals surface area (Å²) < 4.78 is 11.3. The van der Waals surface area contributed by atoms with Gasteiger partial charge in [0.1, 0.15) is 12.4 Å². The van der Waals surface area contributed by atoms with Gasteiger partial charge in [0.15, 0.2) is 0 Å². The largest absolute Gasteiger partial charge is 0.491 e. The molecule has 0 heterocycles. The molecule has 3 heteroatoms. The molecule has 1 unspecified atom stereocenters. The van der Waals surface area contributed by atoms with Gasteiger partial charge in [-0.05, 0) is 38.4 Å². The van der Waals surface area contributed by atoms with Gasteiger partial charge in [0, 0.05) is 6.04 Å². The van der Waals surface area contributed by atoms with Crippen molar-refractivity contribution in [1.82, 2.24) is 5.32 Å². The minimum absolute atomic E-state index is 0.299.